The van der Waals surface area contributed by atoms with Gasteiger partial charge in [0.1, 0.15) is 11.6 Å². The Balaban J connectivity index is 2.38. The molecule has 0 aliphatic heterocycles. The molecule has 0 aromatic heterocycles. The molecule has 0 aliphatic carbocycles. The predicted octanol–water partition coefficient (Wildman–Crippen LogP) is 4.15. The average molecular weight is 237 g/mol. The van der Waals surface area contributed by atoms with Crippen molar-refractivity contribution in [3.05, 3.63) is 53.3 Å². The third-order valence-electron chi connectivity index (χ3n) is 2.34. The van der Waals surface area contributed by atoms with E-state index in [1.165, 1.54) is 6.07 Å². The van der Waals surface area contributed by atoms with E-state index in [9.17, 15) is 4.39 Å². The van der Waals surface area contributed by atoms with Crippen molar-refractivity contribution >= 4 is 11.6 Å². The summed E-state index contributed by atoms with van der Waals surface area (Å²) in [4.78, 5) is 0. The lowest BCUT2D eigenvalue weighted by Crippen LogP contribution is -1.84. The number of ether oxygens (including phenoxy) is 1. The minimum atomic E-state index is -0.404. The predicted molar refractivity (Wildman–Crippen MR) is 63.4 cm³/mol. The summed E-state index contributed by atoms with van der Waals surface area (Å²) in [6.07, 6.45) is 0. The standard InChI is InChI=1S/C13H10ClFO/c1-16-11-5-2-9(3-6-11)10-4-7-13(15)12(14)8-10/h2-8H,1H3. The van der Waals surface area contributed by atoms with E-state index in [4.69, 9.17) is 16.3 Å². The number of hydrogen-bond donors (Lipinski definition) is 0. The Morgan fingerprint density at radius 2 is 1.62 bits per heavy atom. The normalized spacial score (nSPS) is 10.2. The summed E-state index contributed by atoms with van der Waals surface area (Å²) in [5.74, 6) is 0.385. The van der Waals surface area contributed by atoms with Crippen molar-refractivity contribution in [3.8, 4) is 16.9 Å². The second kappa shape index (κ2) is 4.54. The van der Waals surface area contributed by atoms with Crippen LogP contribution in [0.2, 0.25) is 5.02 Å². The van der Waals surface area contributed by atoms with Crippen LogP contribution in [0.4, 0.5) is 4.39 Å². The van der Waals surface area contributed by atoms with E-state index >= 15 is 0 Å². The number of benzene rings is 2. The molecule has 0 aliphatic rings. The maximum absolute atomic E-state index is 13.0. The highest BCUT2D eigenvalue weighted by atomic mass is 35.5. The minimum absolute atomic E-state index is 0.133. The number of hydrogen-bond acceptors (Lipinski definition) is 1. The molecular formula is C13H10ClFO. The van der Waals surface area contributed by atoms with Crippen LogP contribution in [0.1, 0.15) is 0 Å². The lowest BCUT2D eigenvalue weighted by atomic mass is 10.1. The van der Waals surface area contributed by atoms with Gasteiger partial charge in [0.05, 0.1) is 12.1 Å². The summed E-state index contributed by atoms with van der Waals surface area (Å²) in [6.45, 7) is 0. The zero-order valence-electron chi connectivity index (χ0n) is 8.71. The Morgan fingerprint density at radius 3 is 2.19 bits per heavy atom. The molecule has 0 saturated heterocycles. The lowest BCUT2D eigenvalue weighted by molar-refractivity contribution is 0.415. The molecule has 2 aromatic carbocycles. The molecule has 0 saturated carbocycles. The van der Waals surface area contributed by atoms with Crippen molar-refractivity contribution < 1.29 is 9.13 Å². The quantitative estimate of drug-likeness (QED) is 0.761. The summed E-state index contributed by atoms with van der Waals surface area (Å²) in [5.41, 5.74) is 1.86. The van der Waals surface area contributed by atoms with Crippen LogP contribution in [0, 0.1) is 5.82 Å². The van der Waals surface area contributed by atoms with Crippen LogP contribution in [-0.4, -0.2) is 7.11 Å². The van der Waals surface area contributed by atoms with E-state index < -0.39 is 5.82 Å². The summed E-state index contributed by atoms with van der Waals surface area (Å²) >= 11 is 5.72. The van der Waals surface area contributed by atoms with Gasteiger partial charge in [0.25, 0.3) is 0 Å². The van der Waals surface area contributed by atoms with Crippen molar-refractivity contribution in [2.45, 2.75) is 0 Å². The molecule has 0 fully saturated rings. The highest BCUT2D eigenvalue weighted by Crippen LogP contribution is 2.26. The molecule has 2 aromatic rings. The summed E-state index contributed by atoms with van der Waals surface area (Å²) in [5, 5.41) is 0.133. The van der Waals surface area contributed by atoms with Crippen molar-refractivity contribution in [2.24, 2.45) is 0 Å². The van der Waals surface area contributed by atoms with Gasteiger partial charge in [-0.1, -0.05) is 29.8 Å². The Bertz CT molecular complexity index is 494. The molecule has 3 heteroatoms. The second-order valence-corrected chi connectivity index (χ2v) is 3.76. The summed E-state index contributed by atoms with van der Waals surface area (Å²) in [7, 11) is 1.61. The van der Waals surface area contributed by atoms with Crippen LogP contribution < -0.4 is 4.74 Å². The molecule has 0 radical (unpaired) electrons. The average Bonchev–Trinajstić information content (AvgIpc) is 2.33. The van der Waals surface area contributed by atoms with Crippen molar-refractivity contribution in [1.82, 2.24) is 0 Å². The van der Waals surface area contributed by atoms with E-state index in [1.54, 1.807) is 19.2 Å². The van der Waals surface area contributed by atoms with Gasteiger partial charge in [-0.3, -0.25) is 0 Å². The van der Waals surface area contributed by atoms with Crippen LogP contribution in [0.25, 0.3) is 11.1 Å². The molecule has 0 N–H and O–H groups in total. The van der Waals surface area contributed by atoms with Gasteiger partial charge in [-0.05, 0) is 35.4 Å². The molecule has 1 nitrogen and oxygen atoms in total. The van der Waals surface area contributed by atoms with Crippen molar-refractivity contribution in [1.29, 1.82) is 0 Å². The molecule has 0 amide bonds. The molecular weight excluding hydrogens is 227 g/mol. The highest BCUT2D eigenvalue weighted by Gasteiger charge is 2.03. The third kappa shape index (κ3) is 2.17. The maximum atomic E-state index is 13.0. The SMILES string of the molecule is COc1ccc(-c2ccc(F)c(Cl)c2)cc1. The Labute approximate surface area is 98.4 Å². The fourth-order valence-electron chi connectivity index (χ4n) is 1.46. The molecule has 2 rings (SSSR count). The fraction of sp³-hybridized carbons (Fsp3) is 0.0769. The third-order valence-corrected chi connectivity index (χ3v) is 2.63. The molecule has 0 atom stereocenters. The zero-order valence-corrected chi connectivity index (χ0v) is 9.46. The Kier molecular flexibility index (Phi) is 3.11. The van der Waals surface area contributed by atoms with Crippen LogP contribution >= 0.6 is 11.6 Å². The van der Waals surface area contributed by atoms with E-state index in [1.807, 2.05) is 24.3 Å². The Morgan fingerprint density at radius 1 is 1.00 bits per heavy atom. The molecule has 0 spiro atoms. The smallest absolute Gasteiger partial charge is 0.141 e. The number of methoxy groups -OCH3 is 1. The maximum Gasteiger partial charge on any atom is 0.141 e. The minimum Gasteiger partial charge on any atom is -0.497 e. The van der Waals surface area contributed by atoms with Gasteiger partial charge < -0.3 is 4.74 Å². The van der Waals surface area contributed by atoms with E-state index in [0.717, 1.165) is 16.9 Å². The fourth-order valence-corrected chi connectivity index (χ4v) is 1.64. The van der Waals surface area contributed by atoms with E-state index in [0.29, 0.717) is 0 Å². The lowest BCUT2D eigenvalue weighted by Gasteiger charge is -2.04. The van der Waals surface area contributed by atoms with Crippen molar-refractivity contribution in [2.75, 3.05) is 7.11 Å². The topological polar surface area (TPSA) is 9.23 Å². The van der Waals surface area contributed by atoms with Gasteiger partial charge in [-0.25, -0.2) is 4.39 Å². The van der Waals surface area contributed by atoms with Gasteiger partial charge in [0.2, 0.25) is 0 Å². The first-order valence-electron chi connectivity index (χ1n) is 4.80. The Hall–Kier alpha value is -1.54. The van der Waals surface area contributed by atoms with E-state index in [2.05, 4.69) is 0 Å². The van der Waals surface area contributed by atoms with E-state index in [-0.39, 0.29) is 5.02 Å². The van der Waals surface area contributed by atoms with Gasteiger partial charge in [0, 0.05) is 0 Å². The van der Waals surface area contributed by atoms with Crippen molar-refractivity contribution in [3.63, 3.8) is 0 Å². The molecule has 82 valence electrons. The second-order valence-electron chi connectivity index (χ2n) is 3.36. The molecule has 16 heavy (non-hydrogen) atoms. The van der Waals surface area contributed by atoms with Gasteiger partial charge in [0.15, 0.2) is 0 Å². The molecule has 0 unspecified atom stereocenters. The number of halogens is 2. The number of rotatable bonds is 2. The van der Waals surface area contributed by atoms with Gasteiger partial charge in [-0.2, -0.15) is 0 Å². The summed E-state index contributed by atoms with van der Waals surface area (Å²) in [6, 6.07) is 12.2. The summed E-state index contributed by atoms with van der Waals surface area (Å²) < 4.78 is 18.0. The largest absolute Gasteiger partial charge is 0.497 e. The van der Waals surface area contributed by atoms with Crippen LogP contribution in [0.3, 0.4) is 0 Å². The molecule has 0 bridgehead atoms. The van der Waals surface area contributed by atoms with Crippen LogP contribution in [0.5, 0.6) is 5.75 Å². The van der Waals surface area contributed by atoms with Crippen LogP contribution in [0.15, 0.2) is 42.5 Å². The monoisotopic (exact) mass is 236 g/mol. The molecule has 0 heterocycles. The van der Waals surface area contributed by atoms with Gasteiger partial charge >= 0.3 is 0 Å². The zero-order chi connectivity index (χ0) is 11.5. The first-order chi connectivity index (χ1) is 7.70. The first-order valence-corrected chi connectivity index (χ1v) is 5.18. The highest BCUT2D eigenvalue weighted by molar-refractivity contribution is 6.31. The first kappa shape index (κ1) is 11.0. The van der Waals surface area contributed by atoms with Crippen LogP contribution in [-0.2, 0) is 0 Å². The van der Waals surface area contributed by atoms with Gasteiger partial charge in [-0.15, -0.1) is 0 Å².